The lowest BCUT2D eigenvalue weighted by Gasteiger charge is -2.34. The van der Waals surface area contributed by atoms with Crippen molar-refractivity contribution in [1.82, 2.24) is 4.90 Å². The molecule has 2 atom stereocenters. The minimum absolute atomic E-state index is 0.0214. The molecule has 0 aromatic carbocycles. The first-order valence-electron chi connectivity index (χ1n) is 4.96. The summed E-state index contributed by atoms with van der Waals surface area (Å²) in [5.74, 6) is -1.23. The third-order valence-corrected chi connectivity index (χ3v) is 3.36. The average molecular weight is 290 g/mol. The number of alkyl halides is 4. The van der Waals surface area contributed by atoms with Crippen LogP contribution < -0.4 is 0 Å². The lowest BCUT2D eigenvalue weighted by molar-refractivity contribution is -0.187. The van der Waals surface area contributed by atoms with Gasteiger partial charge in [0, 0.05) is 18.4 Å². The first-order chi connectivity index (χ1) is 6.93. The zero-order valence-corrected chi connectivity index (χ0v) is 9.89. The smallest absolute Gasteiger partial charge is 0.391 e. The van der Waals surface area contributed by atoms with Crippen LogP contribution in [0.1, 0.15) is 12.8 Å². The van der Waals surface area contributed by atoms with Gasteiger partial charge in [0.2, 0.25) is 0 Å². The van der Waals surface area contributed by atoms with E-state index in [0.717, 1.165) is 0 Å². The van der Waals surface area contributed by atoms with Gasteiger partial charge in [-0.1, -0.05) is 15.9 Å². The largest absolute Gasteiger partial charge is 0.393 e. The highest BCUT2D eigenvalue weighted by atomic mass is 79.9. The maximum Gasteiger partial charge on any atom is 0.393 e. The van der Waals surface area contributed by atoms with E-state index in [1.165, 1.54) is 0 Å². The normalized spacial score (nSPS) is 26.6. The molecule has 0 amide bonds. The van der Waals surface area contributed by atoms with E-state index in [2.05, 4.69) is 15.9 Å². The Bertz CT molecular complexity index is 200. The summed E-state index contributed by atoms with van der Waals surface area (Å²) >= 11 is 3.10. The second kappa shape index (κ2) is 5.50. The van der Waals surface area contributed by atoms with E-state index in [0.29, 0.717) is 24.8 Å². The third kappa shape index (κ3) is 4.28. The summed E-state index contributed by atoms with van der Waals surface area (Å²) < 4.78 is 37.3. The fraction of sp³-hybridized carbons (Fsp3) is 1.00. The Kier molecular flexibility index (Phi) is 4.86. The van der Waals surface area contributed by atoms with E-state index in [9.17, 15) is 18.3 Å². The Hall–Kier alpha value is 0.190. The Balaban J connectivity index is 2.42. The van der Waals surface area contributed by atoms with Gasteiger partial charge in [-0.25, -0.2) is 0 Å². The zero-order chi connectivity index (χ0) is 11.5. The van der Waals surface area contributed by atoms with Gasteiger partial charge in [-0.3, -0.25) is 0 Å². The van der Waals surface area contributed by atoms with Gasteiger partial charge >= 0.3 is 6.18 Å². The van der Waals surface area contributed by atoms with Crippen LogP contribution in [0.15, 0.2) is 0 Å². The van der Waals surface area contributed by atoms with Crippen LogP contribution in [0.3, 0.4) is 0 Å². The second-order valence-corrected chi connectivity index (χ2v) is 4.60. The van der Waals surface area contributed by atoms with E-state index in [1.54, 1.807) is 4.90 Å². The van der Waals surface area contributed by atoms with E-state index >= 15 is 0 Å². The molecule has 2 nitrogen and oxygen atoms in total. The quantitative estimate of drug-likeness (QED) is 0.804. The first kappa shape index (κ1) is 13.3. The number of piperidine rings is 1. The van der Waals surface area contributed by atoms with Crippen LogP contribution in [-0.4, -0.2) is 47.3 Å². The summed E-state index contributed by atoms with van der Waals surface area (Å²) in [7, 11) is 0. The molecule has 2 unspecified atom stereocenters. The van der Waals surface area contributed by atoms with Crippen LogP contribution in [0.4, 0.5) is 13.2 Å². The van der Waals surface area contributed by atoms with Gasteiger partial charge in [0.15, 0.2) is 0 Å². The highest BCUT2D eigenvalue weighted by Gasteiger charge is 2.41. The van der Waals surface area contributed by atoms with Gasteiger partial charge in [-0.05, 0) is 19.4 Å². The molecule has 15 heavy (non-hydrogen) atoms. The van der Waals surface area contributed by atoms with Gasteiger partial charge in [-0.15, -0.1) is 0 Å². The molecule has 0 aromatic heterocycles. The topological polar surface area (TPSA) is 23.5 Å². The molecule has 0 spiro atoms. The monoisotopic (exact) mass is 289 g/mol. The number of rotatable bonds is 3. The summed E-state index contributed by atoms with van der Waals surface area (Å²) in [5.41, 5.74) is 0. The highest BCUT2D eigenvalue weighted by molar-refractivity contribution is 9.09. The first-order valence-corrected chi connectivity index (χ1v) is 6.08. The molecule has 1 rings (SSSR count). The van der Waals surface area contributed by atoms with Crippen molar-refractivity contribution >= 4 is 15.9 Å². The van der Waals surface area contributed by atoms with Gasteiger partial charge < -0.3 is 10.0 Å². The summed E-state index contributed by atoms with van der Waals surface area (Å²) in [4.78, 5) is 1.69. The van der Waals surface area contributed by atoms with Crippen molar-refractivity contribution in [2.75, 3.05) is 25.0 Å². The van der Waals surface area contributed by atoms with E-state index in [-0.39, 0.29) is 13.0 Å². The van der Waals surface area contributed by atoms with Gasteiger partial charge in [0.05, 0.1) is 12.0 Å². The SMILES string of the molecule is OC(CBr)CN1CCCC(C(F)(F)F)C1. The summed E-state index contributed by atoms with van der Waals surface area (Å²) in [6.07, 6.45) is -3.92. The highest BCUT2D eigenvalue weighted by Crippen LogP contribution is 2.33. The maximum atomic E-state index is 12.4. The number of hydrogen-bond acceptors (Lipinski definition) is 2. The van der Waals surface area contributed by atoms with Crippen molar-refractivity contribution in [1.29, 1.82) is 0 Å². The number of aliphatic hydroxyl groups is 1. The lowest BCUT2D eigenvalue weighted by atomic mass is 9.97. The van der Waals surface area contributed by atoms with Crippen LogP contribution in [-0.2, 0) is 0 Å². The van der Waals surface area contributed by atoms with Gasteiger partial charge in [-0.2, -0.15) is 13.2 Å². The minimum atomic E-state index is -4.10. The summed E-state index contributed by atoms with van der Waals surface area (Å²) in [6.45, 7) is 0.988. The minimum Gasteiger partial charge on any atom is -0.391 e. The predicted molar refractivity (Wildman–Crippen MR) is 55.0 cm³/mol. The van der Waals surface area contributed by atoms with Crippen LogP contribution in [0, 0.1) is 5.92 Å². The third-order valence-electron chi connectivity index (χ3n) is 2.62. The molecule has 1 N–H and O–H groups in total. The number of likely N-dealkylation sites (tertiary alicyclic amines) is 1. The number of aliphatic hydroxyl groups excluding tert-OH is 1. The van der Waals surface area contributed by atoms with Crippen molar-refractivity contribution in [3.63, 3.8) is 0 Å². The maximum absolute atomic E-state index is 12.4. The predicted octanol–water partition coefficient (Wildman–Crippen LogP) is 2.02. The summed E-state index contributed by atoms with van der Waals surface area (Å²) in [6, 6.07) is 0. The van der Waals surface area contributed by atoms with E-state index in [4.69, 9.17) is 0 Å². The zero-order valence-electron chi connectivity index (χ0n) is 8.30. The van der Waals surface area contributed by atoms with Crippen LogP contribution in [0.2, 0.25) is 0 Å². The molecule has 0 saturated carbocycles. The molecule has 1 heterocycles. The molecule has 90 valence electrons. The fourth-order valence-electron chi connectivity index (χ4n) is 1.84. The second-order valence-electron chi connectivity index (χ2n) is 3.95. The number of halogens is 4. The number of nitrogens with zero attached hydrogens (tertiary/aromatic N) is 1. The molecule has 1 aliphatic rings. The average Bonchev–Trinajstić information content (AvgIpc) is 2.17. The summed E-state index contributed by atoms with van der Waals surface area (Å²) in [5, 5.41) is 9.73. The van der Waals surface area contributed by atoms with Crippen molar-refractivity contribution in [2.45, 2.75) is 25.1 Å². The van der Waals surface area contributed by atoms with Crippen molar-refractivity contribution in [3.05, 3.63) is 0 Å². The molecule has 1 fully saturated rings. The molecule has 1 aliphatic heterocycles. The fourth-order valence-corrected chi connectivity index (χ4v) is 2.04. The van der Waals surface area contributed by atoms with Crippen LogP contribution >= 0.6 is 15.9 Å². The molecule has 0 aromatic rings. The molecule has 0 aliphatic carbocycles. The van der Waals surface area contributed by atoms with Crippen LogP contribution in [0.5, 0.6) is 0 Å². The molecular weight excluding hydrogens is 275 g/mol. The van der Waals surface area contributed by atoms with Crippen LogP contribution in [0.25, 0.3) is 0 Å². The molecule has 1 saturated heterocycles. The number of β-amino-alcohol motifs (C(OH)–C–C–N with tert-alkyl or cyclic N) is 1. The Morgan fingerprint density at radius 1 is 1.47 bits per heavy atom. The van der Waals surface area contributed by atoms with Crippen molar-refractivity contribution < 1.29 is 18.3 Å². The van der Waals surface area contributed by atoms with Gasteiger partial charge in [0.1, 0.15) is 0 Å². The van der Waals surface area contributed by atoms with Gasteiger partial charge in [0.25, 0.3) is 0 Å². The van der Waals surface area contributed by atoms with E-state index in [1.807, 2.05) is 0 Å². The standard InChI is InChI=1S/C9H15BrF3NO/c10-4-8(15)6-14-3-1-2-7(5-14)9(11,12)13/h7-8,15H,1-6H2. The molecule has 6 heteroatoms. The molecular formula is C9H15BrF3NO. The van der Waals surface area contributed by atoms with Crippen molar-refractivity contribution in [3.8, 4) is 0 Å². The Labute approximate surface area is 95.6 Å². The number of hydrogen-bond donors (Lipinski definition) is 1. The molecule has 0 bridgehead atoms. The molecule has 0 radical (unpaired) electrons. The Morgan fingerprint density at radius 2 is 2.13 bits per heavy atom. The Morgan fingerprint density at radius 3 is 2.67 bits per heavy atom. The lowest BCUT2D eigenvalue weighted by Crippen LogP contribution is -2.44. The van der Waals surface area contributed by atoms with Crippen molar-refractivity contribution in [2.24, 2.45) is 5.92 Å². The van der Waals surface area contributed by atoms with E-state index < -0.39 is 18.2 Å².